The lowest BCUT2D eigenvalue weighted by Crippen LogP contribution is -2.35. The highest BCUT2D eigenvalue weighted by molar-refractivity contribution is 6.01. The van der Waals surface area contributed by atoms with E-state index >= 15 is 0 Å². The summed E-state index contributed by atoms with van der Waals surface area (Å²) < 4.78 is 19.8. The van der Waals surface area contributed by atoms with E-state index in [2.05, 4.69) is 15.6 Å². The molecule has 0 radical (unpaired) electrons. The van der Waals surface area contributed by atoms with Gasteiger partial charge in [-0.3, -0.25) is 19.4 Å². The van der Waals surface area contributed by atoms with Crippen molar-refractivity contribution >= 4 is 22.8 Å². The highest BCUT2D eigenvalue weighted by atomic mass is 19.1. The number of aromatic nitrogens is 2. The summed E-state index contributed by atoms with van der Waals surface area (Å²) in [7, 11) is 0. The predicted molar refractivity (Wildman–Crippen MR) is 129 cm³/mol. The van der Waals surface area contributed by atoms with Crippen LogP contribution in [-0.4, -0.2) is 52.8 Å². The number of rotatable bonds is 11. The van der Waals surface area contributed by atoms with Crippen molar-refractivity contribution in [1.29, 1.82) is 0 Å². The maximum atomic E-state index is 13.3. The number of pyridine rings is 2. The summed E-state index contributed by atoms with van der Waals surface area (Å²) in [6.07, 6.45) is 2.41. The molecule has 2 aromatic heterocycles. The molecular weight excluding hydrogens is 455 g/mol. The zero-order valence-electron chi connectivity index (χ0n) is 19.8. The number of hydrogen-bond donors (Lipinski definition) is 3. The number of carbonyl (C=O) groups excluding carboxylic acids is 2. The van der Waals surface area contributed by atoms with Crippen LogP contribution in [-0.2, 0) is 22.5 Å². The standard InChI is InChI=1S/C25H29FN4O5/c1-3-35-12-10-28-24(33)21-23(32)22-20(30(25(21)34)11-4-9-27-16(2)31)14-18(15-29-22)13-17-5-7-19(26)8-6-17/h5-8,14-15,32H,3-4,9-13H2,1-2H3,(H,27,31)(H,28,33). The molecular formula is C25H29FN4O5. The first-order valence-electron chi connectivity index (χ1n) is 11.4. The Morgan fingerprint density at radius 1 is 1.14 bits per heavy atom. The van der Waals surface area contributed by atoms with E-state index in [1.165, 1.54) is 23.6 Å². The number of fused-ring (bicyclic) bond motifs is 1. The van der Waals surface area contributed by atoms with Crippen LogP contribution in [0.4, 0.5) is 4.39 Å². The molecule has 0 saturated heterocycles. The van der Waals surface area contributed by atoms with Crippen molar-refractivity contribution in [2.24, 2.45) is 0 Å². The van der Waals surface area contributed by atoms with Crippen LogP contribution < -0.4 is 16.2 Å². The predicted octanol–water partition coefficient (Wildman–Crippen LogP) is 2.12. The van der Waals surface area contributed by atoms with E-state index in [4.69, 9.17) is 4.74 Å². The lowest BCUT2D eigenvalue weighted by molar-refractivity contribution is -0.118. The summed E-state index contributed by atoms with van der Waals surface area (Å²) in [4.78, 5) is 41.6. The van der Waals surface area contributed by atoms with E-state index < -0.39 is 22.8 Å². The molecule has 3 rings (SSSR count). The Labute approximate surface area is 201 Å². The van der Waals surface area contributed by atoms with Gasteiger partial charge in [0.1, 0.15) is 16.9 Å². The van der Waals surface area contributed by atoms with E-state index in [0.717, 1.165) is 11.1 Å². The monoisotopic (exact) mass is 484 g/mol. The zero-order chi connectivity index (χ0) is 25.4. The molecule has 3 aromatic rings. The van der Waals surface area contributed by atoms with Gasteiger partial charge in [-0.1, -0.05) is 12.1 Å². The van der Waals surface area contributed by atoms with E-state index in [1.807, 2.05) is 6.92 Å². The topological polar surface area (TPSA) is 123 Å². The Morgan fingerprint density at radius 2 is 1.89 bits per heavy atom. The molecule has 0 fully saturated rings. The van der Waals surface area contributed by atoms with Gasteiger partial charge in [0.25, 0.3) is 11.5 Å². The molecule has 2 amide bonds. The van der Waals surface area contributed by atoms with Crippen molar-refractivity contribution < 1.29 is 23.8 Å². The summed E-state index contributed by atoms with van der Waals surface area (Å²) in [5, 5.41) is 16.1. The fraction of sp³-hybridized carbons (Fsp3) is 0.360. The molecule has 2 heterocycles. The normalized spacial score (nSPS) is 10.9. The average Bonchev–Trinajstić information content (AvgIpc) is 2.82. The van der Waals surface area contributed by atoms with Crippen LogP contribution in [0.3, 0.4) is 0 Å². The van der Waals surface area contributed by atoms with Crippen molar-refractivity contribution in [2.45, 2.75) is 33.2 Å². The molecule has 0 saturated carbocycles. The second kappa shape index (κ2) is 12.1. The molecule has 186 valence electrons. The number of amides is 2. The number of halogens is 1. The molecule has 0 unspecified atom stereocenters. The maximum Gasteiger partial charge on any atom is 0.267 e. The van der Waals surface area contributed by atoms with Crippen molar-refractivity contribution in [3.05, 3.63) is 69.4 Å². The fourth-order valence-corrected chi connectivity index (χ4v) is 3.68. The molecule has 0 aliphatic heterocycles. The van der Waals surface area contributed by atoms with Crippen LogP contribution in [0.1, 0.15) is 41.8 Å². The maximum absolute atomic E-state index is 13.3. The number of hydrogen-bond acceptors (Lipinski definition) is 6. The van der Waals surface area contributed by atoms with Gasteiger partial charge in [-0.15, -0.1) is 0 Å². The molecule has 1 aromatic carbocycles. The Hall–Kier alpha value is -3.79. The average molecular weight is 485 g/mol. The summed E-state index contributed by atoms with van der Waals surface area (Å²) in [5.41, 5.74) is 1.01. The first kappa shape index (κ1) is 25.8. The van der Waals surface area contributed by atoms with Crippen molar-refractivity contribution in [3.8, 4) is 5.75 Å². The van der Waals surface area contributed by atoms with Crippen LogP contribution >= 0.6 is 0 Å². The van der Waals surface area contributed by atoms with Crippen LogP contribution in [0.2, 0.25) is 0 Å². The molecule has 0 aliphatic carbocycles. The number of ether oxygens (including phenoxy) is 1. The van der Waals surface area contributed by atoms with Crippen molar-refractivity contribution in [2.75, 3.05) is 26.3 Å². The second-order valence-corrected chi connectivity index (χ2v) is 7.98. The Morgan fingerprint density at radius 3 is 2.57 bits per heavy atom. The Bertz CT molecular complexity index is 1260. The smallest absolute Gasteiger partial charge is 0.267 e. The number of aromatic hydroxyl groups is 1. The van der Waals surface area contributed by atoms with Crippen LogP contribution in [0.5, 0.6) is 5.75 Å². The molecule has 9 nitrogen and oxygen atoms in total. The minimum absolute atomic E-state index is 0.113. The third-order valence-corrected chi connectivity index (χ3v) is 5.35. The van der Waals surface area contributed by atoms with E-state index in [1.54, 1.807) is 24.4 Å². The fourth-order valence-electron chi connectivity index (χ4n) is 3.68. The van der Waals surface area contributed by atoms with E-state index in [-0.39, 0.29) is 36.9 Å². The van der Waals surface area contributed by atoms with Crippen LogP contribution in [0.15, 0.2) is 41.3 Å². The molecule has 0 atom stereocenters. The van der Waals surface area contributed by atoms with Crippen molar-refractivity contribution in [3.63, 3.8) is 0 Å². The summed E-state index contributed by atoms with van der Waals surface area (Å²) in [6.45, 7) is 4.69. The molecule has 0 bridgehead atoms. The van der Waals surface area contributed by atoms with Gasteiger partial charge in [0.2, 0.25) is 5.91 Å². The Kier molecular flexibility index (Phi) is 8.91. The summed E-state index contributed by atoms with van der Waals surface area (Å²) in [5.74, 6) is -1.74. The van der Waals surface area contributed by atoms with Crippen LogP contribution in [0, 0.1) is 5.82 Å². The third kappa shape index (κ3) is 6.63. The second-order valence-electron chi connectivity index (χ2n) is 7.98. The summed E-state index contributed by atoms with van der Waals surface area (Å²) >= 11 is 0. The number of benzene rings is 1. The zero-order valence-corrected chi connectivity index (χ0v) is 19.8. The van der Waals surface area contributed by atoms with E-state index in [9.17, 15) is 23.9 Å². The van der Waals surface area contributed by atoms with Gasteiger partial charge in [-0.2, -0.15) is 0 Å². The lowest BCUT2D eigenvalue weighted by atomic mass is 10.1. The van der Waals surface area contributed by atoms with Gasteiger partial charge < -0.3 is 25.0 Å². The minimum atomic E-state index is -0.720. The Balaban J connectivity index is 2.00. The van der Waals surface area contributed by atoms with Gasteiger partial charge in [-0.25, -0.2) is 4.39 Å². The largest absolute Gasteiger partial charge is 0.505 e. The van der Waals surface area contributed by atoms with Gasteiger partial charge in [0, 0.05) is 39.4 Å². The minimum Gasteiger partial charge on any atom is -0.505 e. The molecule has 3 N–H and O–H groups in total. The van der Waals surface area contributed by atoms with E-state index in [0.29, 0.717) is 31.5 Å². The first-order valence-corrected chi connectivity index (χ1v) is 11.4. The number of aryl methyl sites for hydroxylation is 1. The van der Waals surface area contributed by atoms with Gasteiger partial charge >= 0.3 is 0 Å². The highest BCUT2D eigenvalue weighted by Crippen LogP contribution is 2.26. The SMILES string of the molecule is CCOCCNC(=O)c1c(O)c2ncc(Cc3ccc(F)cc3)cc2n(CCCNC(C)=O)c1=O. The molecule has 0 aliphatic rings. The quantitative estimate of drug-likeness (QED) is 0.359. The highest BCUT2D eigenvalue weighted by Gasteiger charge is 2.23. The third-order valence-electron chi connectivity index (χ3n) is 5.35. The lowest BCUT2D eigenvalue weighted by Gasteiger charge is -2.16. The van der Waals surface area contributed by atoms with Gasteiger partial charge in [-0.05, 0) is 49.1 Å². The molecule has 10 heteroatoms. The number of carbonyl (C=O) groups is 2. The molecule has 35 heavy (non-hydrogen) atoms. The van der Waals surface area contributed by atoms with Crippen LogP contribution in [0.25, 0.3) is 11.0 Å². The van der Waals surface area contributed by atoms with Crippen molar-refractivity contribution in [1.82, 2.24) is 20.2 Å². The summed E-state index contributed by atoms with van der Waals surface area (Å²) in [6, 6.07) is 7.77. The number of nitrogens with zero attached hydrogens (tertiary/aromatic N) is 2. The van der Waals surface area contributed by atoms with Gasteiger partial charge in [0.15, 0.2) is 5.75 Å². The number of nitrogens with one attached hydrogen (secondary N) is 2. The first-order chi connectivity index (χ1) is 16.8. The van der Waals surface area contributed by atoms with Gasteiger partial charge in [0.05, 0.1) is 12.1 Å². The molecule has 0 spiro atoms.